The number of rotatable bonds is 10. The highest BCUT2D eigenvalue weighted by Gasteiger charge is 2.02. The molecule has 0 bridgehead atoms. The number of hydrogen-bond donors (Lipinski definition) is 1. The summed E-state index contributed by atoms with van der Waals surface area (Å²) in [7, 11) is 0. The van der Waals surface area contributed by atoms with E-state index >= 15 is 0 Å². The summed E-state index contributed by atoms with van der Waals surface area (Å²) in [5.41, 5.74) is 5.46. The highest BCUT2D eigenvalue weighted by molar-refractivity contribution is 5.58. The smallest absolute Gasteiger partial charge is 0.0399 e. The molecule has 1 aromatic carbocycles. The van der Waals surface area contributed by atoms with Crippen molar-refractivity contribution in [3.63, 3.8) is 0 Å². The van der Waals surface area contributed by atoms with Crippen LogP contribution in [0.2, 0.25) is 0 Å². The van der Waals surface area contributed by atoms with Gasteiger partial charge < -0.3 is 5.32 Å². The van der Waals surface area contributed by atoms with Gasteiger partial charge in [-0.15, -0.1) is 0 Å². The van der Waals surface area contributed by atoms with Crippen LogP contribution in [0.15, 0.2) is 12.1 Å². The molecular formula is C19H33N. The van der Waals surface area contributed by atoms with E-state index < -0.39 is 0 Å². The van der Waals surface area contributed by atoms with Crippen LogP contribution >= 0.6 is 0 Å². The van der Waals surface area contributed by atoms with Crippen molar-refractivity contribution in [2.45, 2.75) is 79.1 Å². The van der Waals surface area contributed by atoms with Crippen molar-refractivity contribution in [2.75, 3.05) is 11.9 Å². The fourth-order valence-corrected chi connectivity index (χ4v) is 2.93. The molecule has 0 aromatic heterocycles. The molecule has 1 rings (SSSR count). The molecule has 114 valence electrons. The lowest BCUT2D eigenvalue weighted by atomic mass is 10.0. The fourth-order valence-electron chi connectivity index (χ4n) is 2.93. The fraction of sp³-hybridized carbons (Fsp3) is 0.684. The number of unbranched alkanes of at least 4 members (excludes halogenated alkanes) is 7. The first-order valence-electron chi connectivity index (χ1n) is 8.47. The Bertz CT molecular complexity index is 358. The first kappa shape index (κ1) is 17.1. The van der Waals surface area contributed by atoms with E-state index in [-0.39, 0.29) is 0 Å². The number of benzene rings is 1. The van der Waals surface area contributed by atoms with Crippen LogP contribution in [0.5, 0.6) is 0 Å². The lowest BCUT2D eigenvalue weighted by molar-refractivity contribution is 0.581. The highest BCUT2D eigenvalue weighted by atomic mass is 14.9. The standard InChI is InChI=1S/C19H33N/c1-5-6-7-8-9-10-11-12-13-20-19-17(3)14-16(2)15-18(19)4/h14-15,20H,5-13H2,1-4H3. The molecule has 0 saturated heterocycles. The molecule has 1 N–H and O–H groups in total. The monoisotopic (exact) mass is 275 g/mol. The number of aryl methyl sites for hydroxylation is 3. The maximum Gasteiger partial charge on any atom is 0.0399 e. The third-order valence-electron chi connectivity index (χ3n) is 4.01. The third kappa shape index (κ3) is 6.45. The molecule has 1 aromatic rings. The average molecular weight is 275 g/mol. The number of hydrogen-bond acceptors (Lipinski definition) is 1. The van der Waals surface area contributed by atoms with E-state index in [1.807, 2.05) is 0 Å². The van der Waals surface area contributed by atoms with Gasteiger partial charge in [-0.05, 0) is 38.3 Å². The van der Waals surface area contributed by atoms with Gasteiger partial charge in [0.15, 0.2) is 0 Å². The summed E-state index contributed by atoms with van der Waals surface area (Å²) >= 11 is 0. The summed E-state index contributed by atoms with van der Waals surface area (Å²) < 4.78 is 0. The summed E-state index contributed by atoms with van der Waals surface area (Å²) in [5, 5.41) is 3.62. The summed E-state index contributed by atoms with van der Waals surface area (Å²) in [6.45, 7) is 9.97. The van der Waals surface area contributed by atoms with E-state index in [1.165, 1.54) is 73.7 Å². The van der Waals surface area contributed by atoms with Gasteiger partial charge in [-0.25, -0.2) is 0 Å². The van der Waals surface area contributed by atoms with Gasteiger partial charge >= 0.3 is 0 Å². The van der Waals surface area contributed by atoms with Crippen LogP contribution in [0.25, 0.3) is 0 Å². The van der Waals surface area contributed by atoms with Crippen LogP contribution in [0.3, 0.4) is 0 Å². The molecule has 0 amide bonds. The Labute approximate surface area is 126 Å². The first-order chi connectivity index (χ1) is 9.65. The minimum absolute atomic E-state index is 1.11. The topological polar surface area (TPSA) is 12.0 Å². The first-order valence-corrected chi connectivity index (χ1v) is 8.47. The zero-order valence-corrected chi connectivity index (χ0v) is 14.0. The predicted molar refractivity (Wildman–Crippen MR) is 91.8 cm³/mol. The molecule has 0 atom stereocenters. The van der Waals surface area contributed by atoms with Gasteiger partial charge in [0.1, 0.15) is 0 Å². The van der Waals surface area contributed by atoms with E-state index in [4.69, 9.17) is 0 Å². The molecule has 0 fully saturated rings. The Morgan fingerprint density at radius 3 is 1.80 bits per heavy atom. The molecule has 0 aliphatic heterocycles. The summed E-state index contributed by atoms with van der Waals surface area (Å²) in [4.78, 5) is 0. The van der Waals surface area contributed by atoms with Gasteiger partial charge in [0.2, 0.25) is 0 Å². The average Bonchev–Trinajstić information content (AvgIpc) is 2.39. The minimum atomic E-state index is 1.11. The van der Waals surface area contributed by atoms with Crippen LogP contribution in [0.1, 0.15) is 75.0 Å². The largest absolute Gasteiger partial charge is 0.385 e. The van der Waals surface area contributed by atoms with E-state index in [1.54, 1.807) is 0 Å². The molecule has 1 heteroatoms. The quantitative estimate of drug-likeness (QED) is 0.504. The Morgan fingerprint density at radius 2 is 1.25 bits per heavy atom. The molecule has 20 heavy (non-hydrogen) atoms. The van der Waals surface area contributed by atoms with E-state index in [9.17, 15) is 0 Å². The van der Waals surface area contributed by atoms with Crippen LogP contribution in [0, 0.1) is 20.8 Å². The van der Waals surface area contributed by atoms with Crippen molar-refractivity contribution < 1.29 is 0 Å². The van der Waals surface area contributed by atoms with E-state index in [0.29, 0.717) is 0 Å². The molecule has 0 heterocycles. The van der Waals surface area contributed by atoms with Crippen LogP contribution in [-0.4, -0.2) is 6.54 Å². The maximum atomic E-state index is 3.62. The second-order valence-corrected chi connectivity index (χ2v) is 6.18. The molecule has 0 aliphatic carbocycles. The molecule has 0 radical (unpaired) electrons. The lowest BCUT2D eigenvalue weighted by Gasteiger charge is -2.13. The molecule has 0 unspecified atom stereocenters. The van der Waals surface area contributed by atoms with Crippen molar-refractivity contribution in [3.8, 4) is 0 Å². The summed E-state index contributed by atoms with van der Waals surface area (Å²) in [6, 6.07) is 4.53. The number of nitrogens with one attached hydrogen (secondary N) is 1. The highest BCUT2D eigenvalue weighted by Crippen LogP contribution is 2.22. The van der Waals surface area contributed by atoms with Crippen LogP contribution < -0.4 is 5.32 Å². The van der Waals surface area contributed by atoms with Gasteiger partial charge in [-0.3, -0.25) is 0 Å². The van der Waals surface area contributed by atoms with Crippen molar-refractivity contribution in [1.82, 2.24) is 0 Å². The van der Waals surface area contributed by atoms with Crippen molar-refractivity contribution >= 4 is 5.69 Å². The maximum absolute atomic E-state index is 3.62. The normalized spacial score (nSPS) is 10.8. The summed E-state index contributed by atoms with van der Waals surface area (Å²) in [6.07, 6.45) is 11.1. The minimum Gasteiger partial charge on any atom is -0.385 e. The Kier molecular flexibility index (Phi) is 8.41. The third-order valence-corrected chi connectivity index (χ3v) is 4.01. The number of anilines is 1. The molecule has 0 spiro atoms. The SMILES string of the molecule is CCCCCCCCCCNc1c(C)cc(C)cc1C. The van der Waals surface area contributed by atoms with Crippen molar-refractivity contribution in [1.29, 1.82) is 0 Å². The Hall–Kier alpha value is -0.980. The van der Waals surface area contributed by atoms with Gasteiger partial charge in [0.25, 0.3) is 0 Å². The van der Waals surface area contributed by atoms with E-state index in [0.717, 1.165) is 6.54 Å². The molecular weight excluding hydrogens is 242 g/mol. The van der Waals surface area contributed by atoms with Crippen LogP contribution in [0.4, 0.5) is 5.69 Å². The van der Waals surface area contributed by atoms with Gasteiger partial charge in [0, 0.05) is 12.2 Å². The van der Waals surface area contributed by atoms with Crippen molar-refractivity contribution in [3.05, 3.63) is 28.8 Å². The zero-order chi connectivity index (χ0) is 14.8. The van der Waals surface area contributed by atoms with Gasteiger partial charge in [0.05, 0.1) is 0 Å². The Morgan fingerprint density at radius 1 is 0.750 bits per heavy atom. The van der Waals surface area contributed by atoms with Crippen LogP contribution in [-0.2, 0) is 0 Å². The molecule has 0 saturated carbocycles. The molecule has 0 aliphatic rings. The second-order valence-electron chi connectivity index (χ2n) is 6.18. The zero-order valence-electron chi connectivity index (χ0n) is 14.0. The van der Waals surface area contributed by atoms with Crippen molar-refractivity contribution in [2.24, 2.45) is 0 Å². The Balaban J connectivity index is 2.13. The van der Waals surface area contributed by atoms with Gasteiger partial charge in [-0.2, -0.15) is 0 Å². The lowest BCUT2D eigenvalue weighted by Crippen LogP contribution is -2.05. The predicted octanol–water partition coefficient (Wildman–Crippen LogP) is 6.16. The molecule has 1 nitrogen and oxygen atoms in total. The summed E-state index contributed by atoms with van der Waals surface area (Å²) in [5.74, 6) is 0. The van der Waals surface area contributed by atoms with Gasteiger partial charge in [-0.1, -0.05) is 69.6 Å². The van der Waals surface area contributed by atoms with E-state index in [2.05, 4.69) is 45.1 Å². The second kappa shape index (κ2) is 9.85.